The summed E-state index contributed by atoms with van der Waals surface area (Å²) in [5, 5.41) is 6.68. The number of nitrogens with zero attached hydrogens (tertiary/aromatic N) is 2. The van der Waals surface area contributed by atoms with Crippen LogP contribution in [-0.2, 0) is 29.3 Å². The summed E-state index contributed by atoms with van der Waals surface area (Å²) in [4.78, 5) is 29.5. The predicted molar refractivity (Wildman–Crippen MR) is 156 cm³/mol. The molecule has 2 N–H and O–H groups in total. The van der Waals surface area contributed by atoms with E-state index in [1.165, 1.54) is 36.4 Å². The highest BCUT2D eigenvalue weighted by atomic mass is 35.5. The Bertz CT molecular complexity index is 1400. The highest BCUT2D eigenvalue weighted by Crippen LogP contribution is 2.37. The minimum Gasteiger partial charge on any atom is -0.325 e. The van der Waals surface area contributed by atoms with Gasteiger partial charge >= 0.3 is 0 Å². The normalized spacial score (nSPS) is 27.1. The molecular formula is C24H24Cl4N4O6S2. The minimum atomic E-state index is -3.53. The molecule has 3 aliphatic rings. The average molecular weight is 670 g/mol. The number of carbonyl (C=O) groups excluding carboxylic acids is 2. The molecular weight excluding hydrogens is 646 g/mol. The second-order valence-electron chi connectivity index (χ2n) is 10.2. The van der Waals surface area contributed by atoms with Gasteiger partial charge in [-0.15, -0.1) is 0 Å². The summed E-state index contributed by atoms with van der Waals surface area (Å²) in [6.07, 6.45) is 0. The molecule has 2 amide bonds. The first kappa shape index (κ1) is 29.8. The lowest BCUT2D eigenvalue weighted by atomic mass is 9.94. The number of amides is 2. The lowest BCUT2D eigenvalue weighted by Gasteiger charge is -2.50. The van der Waals surface area contributed by atoms with Crippen molar-refractivity contribution in [1.82, 2.24) is 9.80 Å². The number of nitrogens with one attached hydrogen (secondary N) is 2. The fraction of sp³-hybridized carbons (Fsp3) is 0.417. The summed E-state index contributed by atoms with van der Waals surface area (Å²) in [6, 6.07) is 6.31. The van der Waals surface area contributed by atoms with Crippen molar-refractivity contribution in [3.63, 3.8) is 0 Å². The first-order chi connectivity index (χ1) is 18.7. The quantitative estimate of drug-likeness (QED) is 0.480. The number of sulfone groups is 2. The maximum atomic E-state index is 13.1. The maximum Gasteiger partial charge on any atom is 0.238 e. The lowest BCUT2D eigenvalue weighted by molar-refractivity contribution is -0.125. The largest absolute Gasteiger partial charge is 0.325 e. The van der Waals surface area contributed by atoms with E-state index < -0.39 is 55.7 Å². The van der Waals surface area contributed by atoms with Crippen LogP contribution < -0.4 is 10.6 Å². The number of carbonyl (C=O) groups is 2. The fourth-order valence-corrected chi connectivity index (χ4v) is 10.9. The Labute approximate surface area is 251 Å². The second-order valence-corrected chi connectivity index (χ2v) is 16.2. The van der Waals surface area contributed by atoms with E-state index in [-0.39, 0.29) is 36.1 Å². The van der Waals surface area contributed by atoms with Gasteiger partial charge in [-0.05, 0) is 36.4 Å². The zero-order chi connectivity index (χ0) is 29.0. The molecule has 3 aliphatic heterocycles. The van der Waals surface area contributed by atoms with Crippen LogP contribution in [0.15, 0.2) is 36.4 Å². The Morgan fingerprint density at radius 2 is 0.875 bits per heavy atom. The highest BCUT2D eigenvalue weighted by molar-refractivity contribution is 7.92. The third kappa shape index (κ3) is 6.70. The van der Waals surface area contributed by atoms with E-state index in [9.17, 15) is 26.4 Å². The van der Waals surface area contributed by atoms with Crippen LogP contribution in [0, 0.1) is 0 Å². The maximum absolute atomic E-state index is 13.1. The first-order valence-electron chi connectivity index (χ1n) is 12.1. The van der Waals surface area contributed by atoms with E-state index in [4.69, 9.17) is 46.4 Å². The molecule has 0 spiro atoms. The van der Waals surface area contributed by atoms with Crippen molar-refractivity contribution in [3.05, 3.63) is 56.5 Å². The van der Waals surface area contributed by atoms with Crippen molar-refractivity contribution in [2.24, 2.45) is 0 Å². The van der Waals surface area contributed by atoms with Crippen molar-refractivity contribution in [1.29, 1.82) is 0 Å². The molecule has 2 aromatic carbocycles. The molecule has 4 atom stereocenters. The number of hydrogen-bond acceptors (Lipinski definition) is 8. The number of benzene rings is 2. The lowest BCUT2D eigenvalue weighted by Crippen LogP contribution is -2.69. The molecule has 0 aliphatic carbocycles. The van der Waals surface area contributed by atoms with E-state index in [0.717, 1.165) is 0 Å². The van der Waals surface area contributed by atoms with Crippen LogP contribution in [0.5, 0.6) is 0 Å². The molecule has 10 nitrogen and oxygen atoms in total. The Kier molecular flexibility index (Phi) is 8.37. The standard InChI is InChI=1S/C24H24Cl4N4O6S2/c25-13-1-14(26)4-17(3-13)29-23(33)7-31-19-9-39(35,36)11-21(19)32(22-12-40(37,38)10-20(22)31)8-24(34)30-18-5-15(27)2-16(28)6-18/h1-6,19-22H,7-12H2,(H,29,33)(H,30,34). The van der Waals surface area contributed by atoms with Crippen LogP contribution in [0.25, 0.3) is 0 Å². The van der Waals surface area contributed by atoms with Gasteiger partial charge in [0.1, 0.15) is 0 Å². The molecule has 216 valence electrons. The molecule has 0 bridgehead atoms. The van der Waals surface area contributed by atoms with E-state index in [2.05, 4.69) is 10.6 Å². The van der Waals surface area contributed by atoms with Gasteiger partial charge in [-0.2, -0.15) is 0 Å². The molecule has 16 heteroatoms. The van der Waals surface area contributed by atoms with Crippen LogP contribution in [0.4, 0.5) is 11.4 Å². The monoisotopic (exact) mass is 668 g/mol. The Hall–Kier alpha value is -1.64. The number of piperazine rings is 1. The molecule has 5 rings (SSSR count). The van der Waals surface area contributed by atoms with Crippen LogP contribution in [0.2, 0.25) is 20.1 Å². The molecule has 0 aromatic heterocycles. The topological polar surface area (TPSA) is 133 Å². The Balaban J connectivity index is 1.40. The van der Waals surface area contributed by atoms with Crippen LogP contribution in [0.1, 0.15) is 0 Å². The molecule has 3 saturated heterocycles. The van der Waals surface area contributed by atoms with Gasteiger partial charge in [-0.1, -0.05) is 46.4 Å². The first-order valence-corrected chi connectivity index (χ1v) is 17.3. The zero-order valence-corrected chi connectivity index (χ0v) is 25.3. The van der Waals surface area contributed by atoms with Crippen molar-refractivity contribution >= 4 is 89.3 Å². The summed E-state index contributed by atoms with van der Waals surface area (Å²) in [5.41, 5.74) is 0.704. The van der Waals surface area contributed by atoms with Gasteiger partial charge in [0.15, 0.2) is 19.7 Å². The van der Waals surface area contributed by atoms with Gasteiger partial charge in [-0.3, -0.25) is 19.4 Å². The number of halogens is 4. The zero-order valence-electron chi connectivity index (χ0n) is 20.7. The van der Waals surface area contributed by atoms with Gasteiger partial charge in [0.05, 0.1) is 36.1 Å². The molecule has 0 radical (unpaired) electrons. The van der Waals surface area contributed by atoms with Gasteiger partial charge in [0, 0.05) is 55.6 Å². The van der Waals surface area contributed by atoms with E-state index in [1.807, 2.05) is 0 Å². The van der Waals surface area contributed by atoms with Gasteiger partial charge < -0.3 is 10.6 Å². The predicted octanol–water partition coefficient (Wildman–Crippen LogP) is 2.83. The number of fused-ring (bicyclic) bond motifs is 2. The molecule has 4 unspecified atom stereocenters. The van der Waals surface area contributed by atoms with Crippen LogP contribution in [-0.4, -0.2) is 98.7 Å². The third-order valence-corrected chi connectivity index (χ3v) is 11.5. The van der Waals surface area contributed by atoms with Gasteiger partial charge in [0.25, 0.3) is 0 Å². The molecule has 3 heterocycles. The molecule has 40 heavy (non-hydrogen) atoms. The fourth-order valence-electron chi connectivity index (χ4n) is 5.83. The minimum absolute atomic E-state index is 0.251. The van der Waals surface area contributed by atoms with E-state index in [0.29, 0.717) is 31.5 Å². The summed E-state index contributed by atoms with van der Waals surface area (Å²) in [6.45, 7) is -0.503. The van der Waals surface area contributed by atoms with Crippen molar-refractivity contribution in [3.8, 4) is 0 Å². The molecule has 3 fully saturated rings. The molecule has 2 aromatic rings. The van der Waals surface area contributed by atoms with Crippen LogP contribution >= 0.6 is 46.4 Å². The number of hydrogen-bond donors (Lipinski definition) is 2. The Morgan fingerprint density at radius 1 is 0.600 bits per heavy atom. The van der Waals surface area contributed by atoms with Crippen molar-refractivity contribution < 1.29 is 26.4 Å². The molecule has 0 saturated carbocycles. The third-order valence-electron chi connectivity index (χ3n) is 7.24. The smallest absolute Gasteiger partial charge is 0.238 e. The average Bonchev–Trinajstić information content (AvgIpc) is 3.29. The summed E-state index contributed by atoms with van der Waals surface area (Å²) >= 11 is 24.1. The SMILES string of the molecule is O=C(CN1C2CS(=O)(=O)CC2N(CC(=O)Nc2cc(Cl)cc(Cl)c2)C2CS(=O)(=O)CC21)Nc1cc(Cl)cc(Cl)c1. The van der Waals surface area contributed by atoms with Crippen LogP contribution in [0.3, 0.4) is 0 Å². The van der Waals surface area contributed by atoms with Crippen molar-refractivity contribution in [2.45, 2.75) is 24.2 Å². The summed E-state index contributed by atoms with van der Waals surface area (Å²) in [5.74, 6) is -2.02. The highest BCUT2D eigenvalue weighted by Gasteiger charge is 2.58. The van der Waals surface area contributed by atoms with Gasteiger partial charge in [0.2, 0.25) is 11.8 Å². The number of anilines is 2. The Morgan fingerprint density at radius 3 is 1.15 bits per heavy atom. The summed E-state index contributed by atoms with van der Waals surface area (Å²) < 4.78 is 51.2. The second kappa shape index (κ2) is 11.2. The summed E-state index contributed by atoms with van der Waals surface area (Å²) in [7, 11) is -7.06. The van der Waals surface area contributed by atoms with E-state index >= 15 is 0 Å². The van der Waals surface area contributed by atoms with Crippen molar-refractivity contribution in [2.75, 3.05) is 46.7 Å². The van der Waals surface area contributed by atoms with E-state index in [1.54, 1.807) is 9.80 Å². The van der Waals surface area contributed by atoms with Gasteiger partial charge in [-0.25, -0.2) is 16.8 Å². The number of rotatable bonds is 6.